The number of amides is 1. The Balaban J connectivity index is 1.54. The lowest BCUT2D eigenvalue weighted by molar-refractivity contribution is -0.123. The fourth-order valence-corrected chi connectivity index (χ4v) is 3.76. The maximum Gasteiger partial charge on any atom is 0.341 e. The molecule has 2 aliphatic rings. The molecule has 1 aliphatic carbocycles. The van der Waals surface area contributed by atoms with Gasteiger partial charge in [0.2, 0.25) is 5.91 Å². The van der Waals surface area contributed by atoms with E-state index in [9.17, 15) is 9.59 Å². The van der Waals surface area contributed by atoms with E-state index in [1.165, 1.54) is 32.8 Å². The number of fused-ring (bicyclic) bond motifs is 1. The largest absolute Gasteiger partial charge is 0.465 e. The Kier molecular flexibility index (Phi) is 4.71. The fraction of sp³-hybridized carbons (Fsp3) is 0.647. The number of rotatable bonds is 4. The minimum atomic E-state index is -0.426. The van der Waals surface area contributed by atoms with Crippen molar-refractivity contribution in [1.82, 2.24) is 10.6 Å². The molecular formula is C17H24N2O4. The standard InChI is InChI=1S/C17H24N2O4/c1-10-13(17(21)22-2)8-12(23-10)9-18-16(20)15-7-11-5-3-4-6-14(11)19-15/h8,11,14-15,19H,3-7,9H2,1-2H3,(H,18,20). The molecule has 1 aliphatic heterocycles. The highest BCUT2D eigenvalue weighted by Crippen LogP contribution is 2.33. The molecule has 1 aromatic rings. The first-order chi connectivity index (χ1) is 11.1. The van der Waals surface area contributed by atoms with Gasteiger partial charge in [-0.3, -0.25) is 4.79 Å². The predicted octanol–water partition coefficient (Wildman–Crippen LogP) is 1.91. The van der Waals surface area contributed by atoms with E-state index in [0.717, 1.165) is 6.42 Å². The highest BCUT2D eigenvalue weighted by atomic mass is 16.5. The molecule has 3 atom stereocenters. The molecule has 2 heterocycles. The maximum atomic E-state index is 12.3. The molecular weight excluding hydrogens is 296 g/mol. The zero-order valence-electron chi connectivity index (χ0n) is 13.7. The molecule has 3 unspecified atom stereocenters. The van der Waals surface area contributed by atoms with Gasteiger partial charge in [-0.15, -0.1) is 0 Å². The number of esters is 1. The van der Waals surface area contributed by atoms with Gasteiger partial charge in [-0.05, 0) is 38.2 Å². The first-order valence-corrected chi connectivity index (χ1v) is 8.30. The number of carbonyl (C=O) groups is 2. The van der Waals surface area contributed by atoms with E-state index < -0.39 is 5.97 Å². The van der Waals surface area contributed by atoms with Crippen molar-refractivity contribution in [3.8, 4) is 0 Å². The van der Waals surface area contributed by atoms with Crippen LogP contribution in [0.1, 0.15) is 54.0 Å². The summed E-state index contributed by atoms with van der Waals surface area (Å²) in [6, 6.07) is 2.01. The second-order valence-corrected chi connectivity index (χ2v) is 6.50. The van der Waals surface area contributed by atoms with E-state index in [-0.39, 0.29) is 18.5 Å². The summed E-state index contributed by atoms with van der Waals surface area (Å²) in [6.45, 7) is 1.99. The van der Waals surface area contributed by atoms with Gasteiger partial charge in [0.1, 0.15) is 17.1 Å². The zero-order valence-corrected chi connectivity index (χ0v) is 13.7. The van der Waals surface area contributed by atoms with Crippen molar-refractivity contribution >= 4 is 11.9 Å². The first-order valence-electron chi connectivity index (χ1n) is 8.30. The first kappa shape index (κ1) is 16.1. The van der Waals surface area contributed by atoms with Crippen LogP contribution < -0.4 is 10.6 Å². The fourth-order valence-electron chi connectivity index (χ4n) is 3.76. The molecule has 1 saturated heterocycles. The number of carbonyl (C=O) groups excluding carboxylic acids is 2. The van der Waals surface area contributed by atoms with Crippen LogP contribution in [0.25, 0.3) is 0 Å². The summed E-state index contributed by atoms with van der Waals surface area (Å²) >= 11 is 0. The summed E-state index contributed by atoms with van der Waals surface area (Å²) in [4.78, 5) is 23.9. The predicted molar refractivity (Wildman–Crippen MR) is 83.9 cm³/mol. The minimum Gasteiger partial charge on any atom is -0.465 e. The van der Waals surface area contributed by atoms with Crippen LogP contribution in [0, 0.1) is 12.8 Å². The topological polar surface area (TPSA) is 80.6 Å². The van der Waals surface area contributed by atoms with Gasteiger partial charge in [-0.25, -0.2) is 4.79 Å². The van der Waals surface area contributed by atoms with Gasteiger partial charge in [0.25, 0.3) is 0 Å². The van der Waals surface area contributed by atoms with Crippen molar-refractivity contribution in [2.24, 2.45) is 5.92 Å². The Labute approximate surface area is 135 Å². The Morgan fingerprint density at radius 3 is 2.91 bits per heavy atom. The molecule has 0 radical (unpaired) electrons. The number of aryl methyl sites for hydroxylation is 1. The number of ether oxygens (including phenoxy) is 1. The molecule has 2 N–H and O–H groups in total. The van der Waals surface area contributed by atoms with Crippen LogP contribution in [0.15, 0.2) is 10.5 Å². The summed E-state index contributed by atoms with van der Waals surface area (Å²) < 4.78 is 10.2. The molecule has 23 heavy (non-hydrogen) atoms. The summed E-state index contributed by atoms with van der Waals surface area (Å²) in [6.07, 6.45) is 5.85. The smallest absolute Gasteiger partial charge is 0.341 e. The molecule has 0 bridgehead atoms. The number of hydrogen-bond acceptors (Lipinski definition) is 5. The zero-order chi connectivity index (χ0) is 16.4. The lowest BCUT2D eigenvalue weighted by atomic mass is 9.85. The maximum absolute atomic E-state index is 12.3. The van der Waals surface area contributed by atoms with Crippen LogP contribution in [-0.2, 0) is 16.1 Å². The molecule has 3 rings (SSSR count). The molecule has 0 aromatic carbocycles. The Morgan fingerprint density at radius 1 is 1.39 bits per heavy atom. The van der Waals surface area contributed by atoms with Crippen molar-refractivity contribution < 1.29 is 18.7 Å². The Bertz CT molecular complexity index is 581. The van der Waals surface area contributed by atoms with Crippen molar-refractivity contribution in [3.05, 3.63) is 23.2 Å². The lowest BCUT2D eigenvalue weighted by Gasteiger charge is -2.24. The summed E-state index contributed by atoms with van der Waals surface area (Å²) in [5.74, 6) is 1.28. The normalized spacial score (nSPS) is 26.6. The highest BCUT2D eigenvalue weighted by molar-refractivity contribution is 5.90. The average Bonchev–Trinajstić information content (AvgIpc) is 3.15. The molecule has 1 aromatic heterocycles. The molecule has 0 spiro atoms. The van der Waals surface area contributed by atoms with Gasteiger partial charge in [-0.2, -0.15) is 0 Å². The molecule has 1 saturated carbocycles. The highest BCUT2D eigenvalue weighted by Gasteiger charge is 2.38. The summed E-state index contributed by atoms with van der Waals surface area (Å²) in [5, 5.41) is 6.36. The Hall–Kier alpha value is -1.82. The van der Waals surface area contributed by atoms with Gasteiger partial charge >= 0.3 is 5.97 Å². The van der Waals surface area contributed by atoms with Crippen LogP contribution in [0.2, 0.25) is 0 Å². The third kappa shape index (κ3) is 3.42. The average molecular weight is 320 g/mol. The van der Waals surface area contributed by atoms with E-state index in [1.54, 1.807) is 13.0 Å². The number of nitrogens with one attached hydrogen (secondary N) is 2. The van der Waals surface area contributed by atoms with E-state index in [1.807, 2.05) is 0 Å². The van der Waals surface area contributed by atoms with Gasteiger partial charge < -0.3 is 19.8 Å². The van der Waals surface area contributed by atoms with E-state index >= 15 is 0 Å². The van der Waals surface area contributed by atoms with Gasteiger partial charge in [0, 0.05) is 6.04 Å². The second-order valence-electron chi connectivity index (χ2n) is 6.50. The van der Waals surface area contributed by atoms with E-state index in [0.29, 0.717) is 29.0 Å². The third-order valence-electron chi connectivity index (χ3n) is 4.99. The van der Waals surface area contributed by atoms with Crippen molar-refractivity contribution in [2.75, 3.05) is 7.11 Å². The van der Waals surface area contributed by atoms with Crippen molar-refractivity contribution in [3.63, 3.8) is 0 Å². The molecule has 1 amide bonds. The molecule has 6 heteroatoms. The van der Waals surface area contributed by atoms with Gasteiger partial charge in [-0.1, -0.05) is 12.8 Å². The van der Waals surface area contributed by atoms with Crippen LogP contribution in [0.5, 0.6) is 0 Å². The molecule has 126 valence electrons. The van der Waals surface area contributed by atoms with Crippen LogP contribution in [-0.4, -0.2) is 31.1 Å². The van der Waals surface area contributed by atoms with Crippen LogP contribution in [0.4, 0.5) is 0 Å². The minimum absolute atomic E-state index is 0.00747. The van der Waals surface area contributed by atoms with E-state index in [2.05, 4.69) is 10.6 Å². The second kappa shape index (κ2) is 6.74. The van der Waals surface area contributed by atoms with Gasteiger partial charge in [0.05, 0.1) is 19.7 Å². The molecule has 6 nitrogen and oxygen atoms in total. The third-order valence-corrected chi connectivity index (χ3v) is 4.99. The molecule has 2 fully saturated rings. The number of methoxy groups -OCH3 is 1. The quantitative estimate of drug-likeness (QED) is 0.828. The lowest BCUT2D eigenvalue weighted by Crippen LogP contribution is -2.42. The van der Waals surface area contributed by atoms with Gasteiger partial charge in [0.15, 0.2) is 0 Å². The number of hydrogen-bond donors (Lipinski definition) is 2. The monoisotopic (exact) mass is 320 g/mol. The number of furan rings is 1. The SMILES string of the molecule is COC(=O)c1cc(CNC(=O)C2CC3CCCCC3N2)oc1C. The van der Waals surface area contributed by atoms with Crippen molar-refractivity contribution in [2.45, 2.75) is 57.7 Å². The van der Waals surface area contributed by atoms with Crippen molar-refractivity contribution in [1.29, 1.82) is 0 Å². The Morgan fingerprint density at radius 2 is 2.17 bits per heavy atom. The van der Waals surface area contributed by atoms with Crippen LogP contribution in [0.3, 0.4) is 0 Å². The summed E-state index contributed by atoms with van der Waals surface area (Å²) in [5.41, 5.74) is 0.404. The van der Waals surface area contributed by atoms with Crippen LogP contribution >= 0.6 is 0 Å². The van der Waals surface area contributed by atoms with E-state index in [4.69, 9.17) is 9.15 Å². The summed E-state index contributed by atoms with van der Waals surface area (Å²) in [7, 11) is 1.33.